The van der Waals surface area contributed by atoms with Gasteiger partial charge in [0.05, 0.1) is 0 Å². The zero-order chi connectivity index (χ0) is 29.1. The molecule has 2 N–H and O–H groups in total. The molecule has 4 amide bonds. The number of fused-ring (bicyclic) bond motifs is 1. The maximum atomic E-state index is 13.5. The number of ether oxygens (including phenoxy) is 1. The Morgan fingerprint density at radius 2 is 1.73 bits per heavy atom. The van der Waals surface area contributed by atoms with Crippen LogP contribution < -0.4 is 15.5 Å². The number of carbonyl (C=O) groups is 4. The molecule has 1 saturated heterocycles. The number of carbonyl (C=O) groups excluding carboxylic acids is 4. The van der Waals surface area contributed by atoms with Crippen LogP contribution in [0.3, 0.4) is 0 Å². The molecule has 2 fully saturated rings. The number of hydrogen-bond acceptors (Lipinski definition) is 6. The van der Waals surface area contributed by atoms with Crippen molar-refractivity contribution >= 4 is 29.5 Å². The molecular weight excluding hydrogens is 520 g/mol. The number of rotatable bonds is 7. The van der Waals surface area contributed by atoms with Crippen LogP contribution in [0.25, 0.3) is 0 Å². The van der Waals surface area contributed by atoms with E-state index >= 15 is 0 Å². The van der Waals surface area contributed by atoms with Crippen LogP contribution in [0.1, 0.15) is 80.8 Å². The number of anilines is 1. The number of benzene rings is 2. The van der Waals surface area contributed by atoms with Crippen LogP contribution in [0.5, 0.6) is 0 Å². The molecule has 0 spiro atoms. The molecule has 0 radical (unpaired) electrons. The Labute approximate surface area is 241 Å². The molecule has 5 rings (SSSR count). The molecule has 0 aromatic heterocycles. The zero-order valence-electron chi connectivity index (χ0n) is 24.2. The molecule has 1 unspecified atom stereocenters. The Morgan fingerprint density at radius 1 is 1.00 bits per heavy atom. The minimum Gasteiger partial charge on any atom is -0.444 e. The minimum atomic E-state index is -0.646. The Balaban J connectivity index is 1.35. The van der Waals surface area contributed by atoms with E-state index in [2.05, 4.69) is 33.7 Å². The van der Waals surface area contributed by atoms with Gasteiger partial charge in [0.15, 0.2) is 0 Å². The summed E-state index contributed by atoms with van der Waals surface area (Å²) in [6, 6.07) is 15.9. The second-order valence-corrected chi connectivity index (χ2v) is 12.3. The van der Waals surface area contributed by atoms with Crippen LogP contribution in [0.2, 0.25) is 0 Å². The smallest absolute Gasteiger partial charge is 0.407 e. The van der Waals surface area contributed by atoms with Crippen molar-refractivity contribution in [3.05, 3.63) is 65.2 Å². The first-order chi connectivity index (χ1) is 19.6. The van der Waals surface area contributed by atoms with E-state index in [4.69, 9.17) is 4.74 Å². The molecular formula is C32H40N4O5. The molecule has 1 aliphatic carbocycles. The maximum absolute atomic E-state index is 13.5. The molecule has 1 saturated carbocycles. The van der Waals surface area contributed by atoms with Gasteiger partial charge in [-0.25, -0.2) is 4.79 Å². The average molecular weight is 561 g/mol. The van der Waals surface area contributed by atoms with Crippen LogP contribution in [0.4, 0.5) is 10.5 Å². The van der Waals surface area contributed by atoms with Gasteiger partial charge in [0, 0.05) is 48.4 Å². The summed E-state index contributed by atoms with van der Waals surface area (Å²) in [6.07, 6.45) is 4.50. The van der Waals surface area contributed by atoms with E-state index in [1.165, 1.54) is 5.56 Å². The van der Waals surface area contributed by atoms with Crippen LogP contribution >= 0.6 is 0 Å². The van der Waals surface area contributed by atoms with E-state index in [-0.39, 0.29) is 36.4 Å². The van der Waals surface area contributed by atoms with Crippen molar-refractivity contribution in [1.29, 1.82) is 0 Å². The Kier molecular flexibility index (Phi) is 8.33. The van der Waals surface area contributed by atoms with E-state index in [9.17, 15) is 19.2 Å². The number of piperidine rings is 1. The van der Waals surface area contributed by atoms with Crippen LogP contribution in [-0.2, 0) is 27.3 Å². The van der Waals surface area contributed by atoms with Gasteiger partial charge in [0.25, 0.3) is 5.91 Å². The molecule has 41 heavy (non-hydrogen) atoms. The normalized spacial score (nSPS) is 22.7. The Bertz CT molecular complexity index is 1300. The minimum absolute atomic E-state index is 0.0585. The second kappa shape index (κ2) is 11.9. The second-order valence-electron chi connectivity index (χ2n) is 12.3. The van der Waals surface area contributed by atoms with Gasteiger partial charge in [-0.2, -0.15) is 0 Å². The predicted octanol–water partition coefficient (Wildman–Crippen LogP) is 4.33. The molecule has 9 heteroatoms. The summed E-state index contributed by atoms with van der Waals surface area (Å²) in [5.74, 6) is -0.856. The summed E-state index contributed by atoms with van der Waals surface area (Å²) in [5, 5.41) is 5.43. The van der Waals surface area contributed by atoms with Crippen LogP contribution in [0, 0.1) is 0 Å². The molecule has 2 aliphatic heterocycles. The molecule has 9 nitrogen and oxygen atoms in total. The Morgan fingerprint density at radius 3 is 2.41 bits per heavy atom. The quantitative estimate of drug-likeness (QED) is 0.488. The molecule has 1 atom stereocenters. The predicted molar refractivity (Wildman–Crippen MR) is 155 cm³/mol. The number of alkyl carbamates (subject to hydrolysis) is 1. The van der Waals surface area contributed by atoms with Crippen molar-refractivity contribution < 1.29 is 23.9 Å². The Hall–Kier alpha value is -3.88. The summed E-state index contributed by atoms with van der Waals surface area (Å²) in [5.41, 5.74) is 3.28. The first kappa shape index (κ1) is 28.6. The topological polar surface area (TPSA) is 108 Å². The van der Waals surface area contributed by atoms with Crippen molar-refractivity contribution in [2.24, 2.45) is 0 Å². The third-order valence-corrected chi connectivity index (χ3v) is 8.21. The van der Waals surface area contributed by atoms with Crippen LogP contribution in [0.15, 0.2) is 48.5 Å². The molecule has 2 aromatic carbocycles. The fourth-order valence-corrected chi connectivity index (χ4v) is 6.24. The maximum Gasteiger partial charge on any atom is 0.407 e. The average Bonchev–Trinajstić information content (AvgIpc) is 3.26. The first-order valence-electron chi connectivity index (χ1n) is 14.7. The van der Waals surface area contributed by atoms with Gasteiger partial charge in [0.2, 0.25) is 11.8 Å². The summed E-state index contributed by atoms with van der Waals surface area (Å²) in [7, 11) is 0. The highest BCUT2D eigenvalue weighted by Gasteiger charge is 2.41. The largest absolute Gasteiger partial charge is 0.444 e. The SMILES string of the molecule is CC(C)(C)OC(=O)NC1CCC(N(CCc2ccccc2)c2cccc3c2CN(C2CCC(=O)NC2=O)C3=O)CC1. The summed E-state index contributed by atoms with van der Waals surface area (Å²) in [6.45, 7) is 6.70. The van der Waals surface area contributed by atoms with Crippen molar-refractivity contribution in [3.8, 4) is 0 Å². The van der Waals surface area contributed by atoms with E-state index in [0.717, 1.165) is 49.9 Å². The zero-order valence-corrected chi connectivity index (χ0v) is 24.2. The summed E-state index contributed by atoms with van der Waals surface area (Å²) >= 11 is 0. The fourth-order valence-electron chi connectivity index (χ4n) is 6.24. The molecule has 0 bridgehead atoms. The van der Waals surface area contributed by atoms with Crippen molar-refractivity contribution in [1.82, 2.24) is 15.5 Å². The third kappa shape index (κ3) is 6.72. The van der Waals surface area contributed by atoms with Gasteiger partial charge in [0.1, 0.15) is 11.6 Å². The van der Waals surface area contributed by atoms with Crippen LogP contribution in [-0.4, -0.2) is 59.0 Å². The number of nitrogens with zero attached hydrogens (tertiary/aromatic N) is 2. The summed E-state index contributed by atoms with van der Waals surface area (Å²) < 4.78 is 5.46. The van der Waals surface area contributed by atoms with Crippen molar-refractivity contribution in [3.63, 3.8) is 0 Å². The van der Waals surface area contributed by atoms with Gasteiger partial charge in [-0.15, -0.1) is 0 Å². The number of amides is 4. The highest BCUT2D eigenvalue weighted by Crippen LogP contribution is 2.37. The van der Waals surface area contributed by atoms with E-state index in [1.807, 2.05) is 51.1 Å². The van der Waals surface area contributed by atoms with Gasteiger partial charge < -0.3 is 19.9 Å². The lowest BCUT2D eigenvalue weighted by molar-refractivity contribution is -0.136. The lowest BCUT2D eigenvalue weighted by Crippen LogP contribution is -2.52. The number of nitrogens with one attached hydrogen (secondary N) is 2. The third-order valence-electron chi connectivity index (χ3n) is 8.21. The van der Waals surface area contributed by atoms with Crippen molar-refractivity contribution in [2.75, 3.05) is 11.4 Å². The van der Waals surface area contributed by atoms with Gasteiger partial charge >= 0.3 is 6.09 Å². The van der Waals surface area contributed by atoms with Gasteiger partial charge in [-0.05, 0) is 77.0 Å². The highest BCUT2D eigenvalue weighted by molar-refractivity contribution is 6.06. The molecule has 218 valence electrons. The van der Waals surface area contributed by atoms with Gasteiger partial charge in [-0.3, -0.25) is 19.7 Å². The van der Waals surface area contributed by atoms with E-state index in [1.54, 1.807) is 4.90 Å². The summed E-state index contributed by atoms with van der Waals surface area (Å²) in [4.78, 5) is 54.2. The fraction of sp³-hybridized carbons (Fsp3) is 0.500. The standard InChI is InChI=1S/C32H40N4O5/c1-32(2,3)41-31(40)33-22-12-14-23(15-13-22)35(19-18-21-8-5-4-6-9-21)26-11-7-10-24-25(26)20-36(30(24)39)27-16-17-28(37)34-29(27)38/h4-11,22-23,27H,12-20H2,1-3H3,(H,33,40)(H,34,37,38). The number of hydrogen-bond donors (Lipinski definition) is 2. The van der Waals surface area contributed by atoms with Crippen molar-refractivity contribution in [2.45, 2.75) is 96.0 Å². The lowest BCUT2D eigenvalue weighted by Gasteiger charge is -2.39. The number of imide groups is 1. The molecule has 2 aromatic rings. The molecule has 3 aliphatic rings. The first-order valence-corrected chi connectivity index (χ1v) is 14.7. The lowest BCUT2D eigenvalue weighted by atomic mass is 9.89. The molecule has 2 heterocycles. The highest BCUT2D eigenvalue weighted by atomic mass is 16.6. The monoisotopic (exact) mass is 560 g/mol. The van der Waals surface area contributed by atoms with E-state index < -0.39 is 17.6 Å². The van der Waals surface area contributed by atoms with Gasteiger partial charge in [-0.1, -0.05) is 36.4 Å². The van der Waals surface area contributed by atoms with E-state index in [0.29, 0.717) is 18.5 Å².